The maximum atomic E-state index is 13.5. The first-order chi connectivity index (χ1) is 9.01. The number of nitriles is 1. The molecule has 0 bridgehead atoms. The second-order valence-electron chi connectivity index (χ2n) is 4.03. The third-order valence-corrected chi connectivity index (χ3v) is 2.56. The van der Waals surface area contributed by atoms with Crippen LogP contribution in [0.15, 0.2) is 30.3 Å². The molecule has 0 saturated heterocycles. The molecular weight excluding hydrogens is 253 g/mol. The van der Waals surface area contributed by atoms with E-state index in [9.17, 15) is 13.2 Å². The van der Waals surface area contributed by atoms with Crippen LogP contribution in [0.4, 0.5) is 24.5 Å². The maximum absolute atomic E-state index is 13.5. The molecule has 0 aromatic heterocycles. The smallest absolute Gasteiger partial charge is 0.152 e. The van der Waals surface area contributed by atoms with E-state index in [1.54, 1.807) is 19.1 Å². The summed E-state index contributed by atoms with van der Waals surface area (Å²) in [7, 11) is 0. The minimum atomic E-state index is -1.05. The standard InChI is InChI=1S/C14H9F3N2/c1-8-2-3-13(9(4-8)7-18)19-14-11(16)5-10(15)6-12(14)17/h2-6,19H,1H3. The summed E-state index contributed by atoms with van der Waals surface area (Å²) in [4.78, 5) is 0. The van der Waals surface area contributed by atoms with E-state index in [4.69, 9.17) is 5.26 Å². The Morgan fingerprint density at radius 1 is 1.05 bits per heavy atom. The maximum Gasteiger partial charge on any atom is 0.152 e. The van der Waals surface area contributed by atoms with E-state index < -0.39 is 23.1 Å². The second kappa shape index (κ2) is 5.02. The van der Waals surface area contributed by atoms with E-state index in [-0.39, 0.29) is 11.3 Å². The lowest BCUT2D eigenvalue weighted by atomic mass is 10.1. The molecule has 0 saturated carbocycles. The molecule has 0 aliphatic rings. The molecule has 2 nitrogen and oxygen atoms in total. The first-order valence-electron chi connectivity index (χ1n) is 5.43. The van der Waals surface area contributed by atoms with Gasteiger partial charge in [0, 0.05) is 12.1 Å². The van der Waals surface area contributed by atoms with Crippen molar-refractivity contribution in [2.45, 2.75) is 6.92 Å². The van der Waals surface area contributed by atoms with Crippen LogP contribution >= 0.6 is 0 Å². The largest absolute Gasteiger partial charge is 0.350 e. The summed E-state index contributed by atoms with van der Waals surface area (Å²) in [5.74, 6) is -3.10. The zero-order valence-corrected chi connectivity index (χ0v) is 9.97. The molecule has 0 radical (unpaired) electrons. The first-order valence-corrected chi connectivity index (χ1v) is 5.43. The van der Waals surface area contributed by atoms with Gasteiger partial charge in [0.15, 0.2) is 11.6 Å². The molecule has 2 rings (SSSR count). The Kier molecular flexibility index (Phi) is 3.43. The number of nitrogens with zero attached hydrogens (tertiary/aromatic N) is 1. The average molecular weight is 262 g/mol. The predicted molar refractivity (Wildman–Crippen MR) is 65.5 cm³/mol. The number of anilines is 2. The minimum absolute atomic E-state index is 0.253. The highest BCUT2D eigenvalue weighted by molar-refractivity contribution is 5.67. The van der Waals surface area contributed by atoms with Gasteiger partial charge in [-0.1, -0.05) is 6.07 Å². The molecule has 0 amide bonds. The van der Waals surface area contributed by atoms with Crippen LogP contribution in [-0.4, -0.2) is 0 Å². The van der Waals surface area contributed by atoms with Gasteiger partial charge in [0.25, 0.3) is 0 Å². The zero-order valence-electron chi connectivity index (χ0n) is 9.97. The van der Waals surface area contributed by atoms with Crippen molar-refractivity contribution in [2.75, 3.05) is 5.32 Å². The van der Waals surface area contributed by atoms with Crippen molar-refractivity contribution in [3.63, 3.8) is 0 Å². The van der Waals surface area contributed by atoms with Crippen LogP contribution in [0.3, 0.4) is 0 Å². The number of benzene rings is 2. The van der Waals surface area contributed by atoms with Gasteiger partial charge in [0.1, 0.15) is 17.6 Å². The number of halogens is 3. The highest BCUT2D eigenvalue weighted by Gasteiger charge is 2.13. The zero-order chi connectivity index (χ0) is 14.0. The van der Waals surface area contributed by atoms with Crippen molar-refractivity contribution in [2.24, 2.45) is 0 Å². The fourth-order valence-corrected chi connectivity index (χ4v) is 1.66. The van der Waals surface area contributed by atoms with Crippen molar-refractivity contribution in [3.05, 3.63) is 58.9 Å². The SMILES string of the molecule is Cc1ccc(Nc2c(F)cc(F)cc2F)c(C#N)c1. The summed E-state index contributed by atoms with van der Waals surface area (Å²) in [6.45, 7) is 1.80. The molecule has 0 unspecified atom stereocenters. The Labute approximate surface area is 108 Å². The van der Waals surface area contributed by atoms with E-state index in [0.717, 1.165) is 5.56 Å². The summed E-state index contributed by atoms with van der Waals surface area (Å²) in [5, 5.41) is 11.4. The molecule has 96 valence electrons. The van der Waals surface area contributed by atoms with Gasteiger partial charge in [-0.3, -0.25) is 0 Å². The first kappa shape index (κ1) is 13.0. The Morgan fingerprint density at radius 2 is 1.68 bits per heavy atom. The number of hydrogen-bond donors (Lipinski definition) is 1. The average Bonchev–Trinajstić information content (AvgIpc) is 2.35. The molecule has 0 fully saturated rings. The fourth-order valence-electron chi connectivity index (χ4n) is 1.66. The normalized spacial score (nSPS) is 10.1. The van der Waals surface area contributed by atoms with Gasteiger partial charge < -0.3 is 5.32 Å². The van der Waals surface area contributed by atoms with Crippen LogP contribution < -0.4 is 5.32 Å². The lowest BCUT2D eigenvalue weighted by Crippen LogP contribution is -2.00. The fraction of sp³-hybridized carbons (Fsp3) is 0.0714. The summed E-state index contributed by atoms with van der Waals surface area (Å²) in [5.41, 5.74) is 0.879. The van der Waals surface area contributed by atoms with Gasteiger partial charge in [0.2, 0.25) is 0 Å². The molecule has 0 atom stereocenters. The second-order valence-corrected chi connectivity index (χ2v) is 4.03. The topological polar surface area (TPSA) is 35.8 Å². The van der Waals surface area contributed by atoms with Crippen LogP contribution in [0.2, 0.25) is 0 Å². The van der Waals surface area contributed by atoms with Crippen molar-refractivity contribution in [1.82, 2.24) is 0 Å². The van der Waals surface area contributed by atoms with Crippen LogP contribution in [-0.2, 0) is 0 Å². The number of hydrogen-bond acceptors (Lipinski definition) is 2. The van der Waals surface area contributed by atoms with E-state index >= 15 is 0 Å². The van der Waals surface area contributed by atoms with Crippen LogP contribution in [0.1, 0.15) is 11.1 Å². The molecule has 0 heterocycles. The van der Waals surface area contributed by atoms with Crippen LogP contribution in [0.25, 0.3) is 0 Å². The highest BCUT2D eigenvalue weighted by atomic mass is 19.1. The van der Waals surface area contributed by atoms with Gasteiger partial charge in [-0.25, -0.2) is 13.2 Å². The summed E-state index contributed by atoms with van der Waals surface area (Å²) in [6, 6.07) is 7.90. The van der Waals surface area contributed by atoms with E-state index in [1.165, 1.54) is 6.07 Å². The van der Waals surface area contributed by atoms with E-state index in [1.807, 2.05) is 6.07 Å². The molecule has 0 spiro atoms. The Morgan fingerprint density at radius 3 is 2.26 bits per heavy atom. The van der Waals surface area contributed by atoms with Gasteiger partial charge >= 0.3 is 0 Å². The molecule has 1 N–H and O–H groups in total. The van der Waals surface area contributed by atoms with Crippen molar-refractivity contribution < 1.29 is 13.2 Å². The van der Waals surface area contributed by atoms with Crippen molar-refractivity contribution in [3.8, 4) is 6.07 Å². The molecule has 5 heteroatoms. The molecule has 0 aliphatic heterocycles. The monoisotopic (exact) mass is 262 g/mol. The van der Waals surface area contributed by atoms with E-state index in [0.29, 0.717) is 12.1 Å². The lowest BCUT2D eigenvalue weighted by molar-refractivity contribution is 0.549. The molecular formula is C14H9F3N2. The van der Waals surface area contributed by atoms with Gasteiger partial charge in [0.05, 0.1) is 11.3 Å². The quantitative estimate of drug-likeness (QED) is 0.887. The highest BCUT2D eigenvalue weighted by Crippen LogP contribution is 2.26. The number of rotatable bonds is 2. The molecule has 2 aromatic carbocycles. The molecule has 0 aliphatic carbocycles. The lowest BCUT2D eigenvalue weighted by Gasteiger charge is -2.10. The van der Waals surface area contributed by atoms with E-state index in [2.05, 4.69) is 5.32 Å². The summed E-state index contributed by atoms with van der Waals surface area (Å²) >= 11 is 0. The summed E-state index contributed by atoms with van der Waals surface area (Å²) < 4.78 is 39.8. The summed E-state index contributed by atoms with van der Waals surface area (Å²) in [6.07, 6.45) is 0. The third-order valence-electron chi connectivity index (χ3n) is 2.56. The predicted octanol–water partition coefficient (Wildman–Crippen LogP) is 4.03. The van der Waals surface area contributed by atoms with Crippen LogP contribution in [0, 0.1) is 35.7 Å². The van der Waals surface area contributed by atoms with Gasteiger partial charge in [-0.2, -0.15) is 5.26 Å². The molecule has 2 aromatic rings. The van der Waals surface area contributed by atoms with Gasteiger partial charge in [-0.05, 0) is 24.6 Å². The third kappa shape index (κ3) is 2.68. The van der Waals surface area contributed by atoms with Crippen LogP contribution in [0.5, 0.6) is 0 Å². The number of aryl methyl sites for hydroxylation is 1. The molecule has 19 heavy (non-hydrogen) atoms. The Hall–Kier alpha value is -2.48. The Balaban J connectivity index is 2.45. The van der Waals surface area contributed by atoms with Crippen molar-refractivity contribution >= 4 is 11.4 Å². The minimum Gasteiger partial charge on any atom is -0.350 e. The van der Waals surface area contributed by atoms with Gasteiger partial charge in [-0.15, -0.1) is 0 Å². The van der Waals surface area contributed by atoms with Crippen molar-refractivity contribution in [1.29, 1.82) is 5.26 Å². The number of nitrogens with one attached hydrogen (secondary N) is 1. The Bertz CT molecular complexity index is 652.